The van der Waals surface area contributed by atoms with E-state index in [0.717, 1.165) is 23.4 Å². The van der Waals surface area contributed by atoms with Crippen molar-refractivity contribution in [3.05, 3.63) is 83.7 Å². The van der Waals surface area contributed by atoms with Crippen LogP contribution in [0, 0.1) is 0 Å². The van der Waals surface area contributed by atoms with Gasteiger partial charge in [0.05, 0.1) is 0 Å². The van der Waals surface area contributed by atoms with Gasteiger partial charge in [-0.05, 0) is 48.0 Å². The number of benzene rings is 3. The summed E-state index contributed by atoms with van der Waals surface area (Å²) in [6.45, 7) is 0.323. The molecule has 0 aliphatic heterocycles. The zero-order chi connectivity index (χ0) is 29.1. The smallest absolute Gasteiger partial charge is 0.430 e. The molecule has 0 atom stereocenters. The van der Waals surface area contributed by atoms with E-state index in [-0.39, 0.29) is 31.2 Å². The van der Waals surface area contributed by atoms with Crippen LogP contribution in [0.25, 0.3) is 23.3 Å². The highest BCUT2D eigenvalue weighted by Gasteiger charge is 2.71. The molecule has 0 amide bonds. The predicted molar refractivity (Wildman–Crippen MR) is 147 cm³/mol. The fraction of sp³-hybridized carbons (Fsp3) is 0.250. The summed E-state index contributed by atoms with van der Waals surface area (Å²) in [5.41, 5.74) is -2.84. The maximum absolute atomic E-state index is 13.0. The third-order valence-electron chi connectivity index (χ3n) is 6.03. The van der Waals surface area contributed by atoms with Crippen LogP contribution in [0.5, 0.6) is 5.75 Å². The SMILES string of the molecule is CN(C)c1ccc(/C=C/c2nc3ccc(OCCNc4ccc(C(O)(C(F)(F)F)C(F)(F)F)cc4)cc3o2)cc1.Cl. The minimum Gasteiger partial charge on any atom is -0.492 e. The Labute approximate surface area is 237 Å². The minimum absolute atomic E-state index is 0. The Hall–Kier alpha value is -3.90. The molecule has 3 aromatic carbocycles. The number of nitrogens with one attached hydrogen (secondary N) is 1. The molecule has 1 heterocycles. The molecule has 4 rings (SSSR count). The minimum atomic E-state index is -5.94. The molecule has 4 aromatic rings. The van der Waals surface area contributed by atoms with Crippen LogP contribution in [-0.2, 0) is 5.60 Å². The number of alkyl halides is 6. The van der Waals surface area contributed by atoms with Gasteiger partial charge in [-0.25, -0.2) is 4.98 Å². The van der Waals surface area contributed by atoms with E-state index >= 15 is 0 Å². The Morgan fingerprint density at radius 2 is 1.54 bits per heavy atom. The number of oxazole rings is 1. The highest BCUT2D eigenvalue weighted by molar-refractivity contribution is 5.85. The van der Waals surface area contributed by atoms with Gasteiger partial charge in [0.2, 0.25) is 5.89 Å². The Kier molecular flexibility index (Phi) is 9.50. The zero-order valence-electron chi connectivity index (χ0n) is 21.8. The van der Waals surface area contributed by atoms with Crippen LogP contribution < -0.4 is 15.0 Å². The average molecular weight is 602 g/mol. The number of halogens is 7. The molecule has 0 saturated heterocycles. The van der Waals surface area contributed by atoms with Crippen molar-refractivity contribution in [3.63, 3.8) is 0 Å². The molecule has 0 aliphatic rings. The van der Waals surface area contributed by atoms with E-state index in [2.05, 4.69) is 10.3 Å². The summed E-state index contributed by atoms with van der Waals surface area (Å²) in [5.74, 6) is 0.896. The summed E-state index contributed by atoms with van der Waals surface area (Å²) < 4.78 is 89.6. The van der Waals surface area contributed by atoms with Gasteiger partial charge in [-0.2, -0.15) is 26.3 Å². The van der Waals surface area contributed by atoms with Crippen molar-refractivity contribution in [2.24, 2.45) is 0 Å². The number of ether oxygens (including phenoxy) is 1. The number of hydrogen-bond donors (Lipinski definition) is 2. The third-order valence-corrected chi connectivity index (χ3v) is 6.03. The van der Waals surface area contributed by atoms with Crippen LogP contribution in [0.3, 0.4) is 0 Å². The van der Waals surface area contributed by atoms with Gasteiger partial charge in [0.1, 0.15) is 17.9 Å². The molecule has 0 aliphatic carbocycles. The molecule has 1 aromatic heterocycles. The lowest BCUT2D eigenvalue weighted by Gasteiger charge is -2.32. The van der Waals surface area contributed by atoms with E-state index in [1.165, 1.54) is 0 Å². The Morgan fingerprint density at radius 3 is 2.12 bits per heavy atom. The van der Waals surface area contributed by atoms with Crippen LogP contribution in [0.15, 0.2) is 71.1 Å². The van der Waals surface area contributed by atoms with Crippen molar-refractivity contribution >= 4 is 47.0 Å². The molecule has 0 spiro atoms. The summed E-state index contributed by atoms with van der Waals surface area (Å²) in [6, 6.07) is 16.2. The molecule has 2 N–H and O–H groups in total. The topological polar surface area (TPSA) is 70.8 Å². The first-order valence-corrected chi connectivity index (χ1v) is 12.0. The maximum atomic E-state index is 13.0. The van der Waals surface area contributed by atoms with Gasteiger partial charge >= 0.3 is 12.4 Å². The zero-order valence-corrected chi connectivity index (χ0v) is 22.6. The van der Waals surface area contributed by atoms with E-state index in [0.29, 0.717) is 34.9 Å². The molecule has 0 fully saturated rings. The summed E-state index contributed by atoms with van der Waals surface area (Å²) in [4.78, 5) is 6.42. The van der Waals surface area contributed by atoms with Crippen LogP contribution in [0.4, 0.5) is 37.7 Å². The average Bonchev–Trinajstić information content (AvgIpc) is 3.31. The molecule has 0 bridgehead atoms. The standard InChI is InChI=1S/C28H25F6N3O3.ClH/c1-37(2)21-10-3-18(4-11-21)5-14-25-36-23-13-12-22(17-24(23)40-25)39-16-15-35-20-8-6-19(7-9-20)26(38,27(29,30)31)28(32,33)34;/h3-14,17,35,38H,15-16H2,1-2H3;1H/b14-5+;. The van der Waals surface area contributed by atoms with Crippen LogP contribution >= 0.6 is 12.4 Å². The van der Waals surface area contributed by atoms with E-state index < -0.39 is 23.5 Å². The number of anilines is 2. The fourth-order valence-electron chi connectivity index (χ4n) is 3.82. The summed E-state index contributed by atoms with van der Waals surface area (Å²) in [5, 5.41) is 12.3. The van der Waals surface area contributed by atoms with Gasteiger partial charge in [-0.15, -0.1) is 12.4 Å². The molecule has 220 valence electrons. The van der Waals surface area contributed by atoms with E-state index in [1.54, 1.807) is 24.3 Å². The second kappa shape index (κ2) is 12.3. The number of nitrogens with zero attached hydrogens (tertiary/aromatic N) is 2. The van der Waals surface area contributed by atoms with Crippen molar-refractivity contribution < 1.29 is 40.6 Å². The second-order valence-electron chi connectivity index (χ2n) is 9.06. The fourth-order valence-corrected chi connectivity index (χ4v) is 3.82. The Morgan fingerprint density at radius 1 is 0.902 bits per heavy atom. The first-order valence-electron chi connectivity index (χ1n) is 12.0. The molecule has 0 saturated carbocycles. The molecule has 0 unspecified atom stereocenters. The highest BCUT2D eigenvalue weighted by atomic mass is 35.5. The number of fused-ring (bicyclic) bond motifs is 1. The number of aromatic nitrogens is 1. The van der Waals surface area contributed by atoms with Gasteiger partial charge in [0.25, 0.3) is 5.60 Å². The van der Waals surface area contributed by atoms with Crippen LogP contribution in [0.2, 0.25) is 0 Å². The quantitative estimate of drug-likeness (QED) is 0.155. The third kappa shape index (κ3) is 7.06. The normalized spacial score (nSPS) is 12.4. The second-order valence-corrected chi connectivity index (χ2v) is 9.06. The van der Waals surface area contributed by atoms with Gasteiger partial charge in [-0.1, -0.05) is 24.3 Å². The van der Waals surface area contributed by atoms with Crippen LogP contribution in [-0.4, -0.2) is 49.7 Å². The lowest BCUT2D eigenvalue weighted by atomic mass is 9.92. The predicted octanol–water partition coefficient (Wildman–Crippen LogP) is 7.29. The van der Waals surface area contributed by atoms with Crippen molar-refractivity contribution in [3.8, 4) is 5.75 Å². The van der Waals surface area contributed by atoms with E-state index in [9.17, 15) is 31.4 Å². The largest absolute Gasteiger partial charge is 0.492 e. The van der Waals surface area contributed by atoms with Gasteiger partial charge < -0.3 is 24.5 Å². The number of rotatable bonds is 9. The maximum Gasteiger partial charge on any atom is 0.430 e. The number of aliphatic hydroxyl groups is 1. The molecule has 41 heavy (non-hydrogen) atoms. The number of hydrogen-bond acceptors (Lipinski definition) is 6. The molecule has 0 radical (unpaired) electrons. The van der Waals surface area contributed by atoms with Crippen molar-refractivity contribution in [2.45, 2.75) is 18.0 Å². The molecular weight excluding hydrogens is 576 g/mol. The van der Waals surface area contributed by atoms with Gasteiger partial charge in [0.15, 0.2) is 5.58 Å². The summed E-state index contributed by atoms with van der Waals surface area (Å²) in [6.07, 6.45) is -8.24. The van der Waals surface area contributed by atoms with E-state index in [1.807, 2.05) is 49.3 Å². The van der Waals surface area contributed by atoms with Crippen molar-refractivity contribution in [2.75, 3.05) is 37.5 Å². The Balaban J connectivity index is 0.00000462. The highest BCUT2D eigenvalue weighted by Crippen LogP contribution is 2.50. The van der Waals surface area contributed by atoms with Crippen molar-refractivity contribution in [1.29, 1.82) is 0 Å². The molecular formula is C28H26ClF6N3O3. The first-order chi connectivity index (χ1) is 18.8. The van der Waals surface area contributed by atoms with Crippen LogP contribution in [0.1, 0.15) is 17.0 Å². The lowest BCUT2D eigenvalue weighted by Crippen LogP contribution is -2.53. The Bertz CT molecular complexity index is 1450. The van der Waals surface area contributed by atoms with Gasteiger partial charge in [-0.3, -0.25) is 0 Å². The monoisotopic (exact) mass is 601 g/mol. The summed E-state index contributed by atoms with van der Waals surface area (Å²) >= 11 is 0. The van der Waals surface area contributed by atoms with E-state index in [4.69, 9.17) is 9.15 Å². The van der Waals surface area contributed by atoms with Crippen molar-refractivity contribution in [1.82, 2.24) is 4.98 Å². The molecule has 6 nitrogen and oxygen atoms in total. The first kappa shape index (κ1) is 31.6. The lowest BCUT2D eigenvalue weighted by molar-refractivity contribution is -0.376. The molecule has 13 heteroatoms. The van der Waals surface area contributed by atoms with Gasteiger partial charge in [0, 0.05) is 49.7 Å². The summed E-state index contributed by atoms with van der Waals surface area (Å²) in [7, 11) is 3.93.